The summed E-state index contributed by atoms with van der Waals surface area (Å²) in [6.45, 7) is 0.698. The van der Waals surface area contributed by atoms with Crippen molar-refractivity contribution in [2.75, 3.05) is 38.0 Å². The number of ether oxygens (including phenoxy) is 4. The molecule has 142 valence electrons. The summed E-state index contributed by atoms with van der Waals surface area (Å²) in [5.74, 6) is 1.27. The first-order valence-corrected chi connectivity index (χ1v) is 9.24. The van der Waals surface area contributed by atoms with E-state index in [2.05, 4.69) is 5.32 Å². The minimum absolute atomic E-state index is 0.0927. The van der Waals surface area contributed by atoms with Crippen LogP contribution in [0.1, 0.15) is 0 Å². The van der Waals surface area contributed by atoms with E-state index in [1.54, 1.807) is 31.4 Å². The van der Waals surface area contributed by atoms with Gasteiger partial charge in [0, 0.05) is 10.6 Å². The molecule has 1 aliphatic rings. The Bertz CT molecular complexity index is 808. The van der Waals surface area contributed by atoms with Crippen LogP contribution in [0.2, 0.25) is 0 Å². The molecule has 7 nitrogen and oxygen atoms in total. The minimum atomic E-state index is -0.472. The van der Waals surface area contributed by atoms with Crippen molar-refractivity contribution in [2.24, 2.45) is 0 Å². The largest absolute Gasteiger partial charge is 0.497 e. The summed E-state index contributed by atoms with van der Waals surface area (Å²) in [5, 5.41) is 2.65. The monoisotopic (exact) mass is 389 g/mol. The van der Waals surface area contributed by atoms with E-state index in [9.17, 15) is 9.59 Å². The molecule has 0 radical (unpaired) electrons. The second-order valence-electron chi connectivity index (χ2n) is 5.53. The molecule has 0 bridgehead atoms. The highest BCUT2D eigenvalue weighted by Crippen LogP contribution is 2.34. The van der Waals surface area contributed by atoms with Gasteiger partial charge in [-0.05, 0) is 42.5 Å². The summed E-state index contributed by atoms with van der Waals surface area (Å²) < 4.78 is 21.0. The molecule has 2 aromatic rings. The molecule has 0 unspecified atom stereocenters. The van der Waals surface area contributed by atoms with Crippen LogP contribution in [-0.2, 0) is 14.3 Å². The number of hydrogen-bond acceptors (Lipinski definition) is 7. The number of nitrogens with one attached hydrogen (secondary N) is 1. The fourth-order valence-corrected chi connectivity index (χ4v) is 3.04. The predicted octanol–water partition coefficient (Wildman–Crippen LogP) is 2.74. The smallest absolute Gasteiger partial charge is 0.316 e. The Labute approximate surface area is 160 Å². The molecule has 0 atom stereocenters. The number of carbonyl (C=O) groups is 2. The first-order chi connectivity index (χ1) is 13.1. The first-order valence-electron chi connectivity index (χ1n) is 8.26. The van der Waals surface area contributed by atoms with Crippen LogP contribution in [0.5, 0.6) is 17.2 Å². The molecule has 0 saturated heterocycles. The Morgan fingerprint density at radius 1 is 1.07 bits per heavy atom. The lowest BCUT2D eigenvalue weighted by atomic mass is 10.3. The molecule has 3 rings (SSSR count). The van der Waals surface area contributed by atoms with Gasteiger partial charge in [0.25, 0.3) is 5.91 Å². The average Bonchev–Trinajstić information content (AvgIpc) is 2.71. The van der Waals surface area contributed by atoms with E-state index in [0.29, 0.717) is 36.1 Å². The zero-order valence-corrected chi connectivity index (χ0v) is 15.5. The normalized spacial score (nSPS) is 12.2. The van der Waals surface area contributed by atoms with E-state index >= 15 is 0 Å². The van der Waals surface area contributed by atoms with Gasteiger partial charge in [-0.1, -0.05) is 0 Å². The topological polar surface area (TPSA) is 83.1 Å². The number of anilines is 1. The fourth-order valence-electron chi connectivity index (χ4n) is 2.31. The number of fused-ring (bicyclic) bond motifs is 1. The number of amides is 1. The van der Waals surface area contributed by atoms with E-state index in [1.165, 1.54) is 11.8 Å². The Morgan fingerprint density at radius 3 is 2.56 bits per heavy atom. The van der Waals surface area contributed by atoms with E-state index in [0.717, 1.165) is 4.90 Å². The van der Waals surface area contributed by atoms with Crippen LogP contribution in [0, 0.1) is 0 Å². The Kier molecular flexibility index (Phi) is 6.43. The number of thioether (sulfide) groups is 1. The lowest BCUT2D eigenvalue weighted by Gasteiger charge is -2.18. The van der Waals surface area contributed by atoms with E-state index in [1.807, 2.05) is 18.2 Å². The quantitative estimate of drug-likeness (QED) is 0.576. The van der Waals surface area contributed by atoms with Crippen molar-refractivity contribution < 1.29 is 28.5 Å². The molecular formula is C19H19NO6S. The molecule has 1 N–H and O–H groups in total. The van der Waals surface area contributed by atoms with Crippen LogP contribution in [-0.4, -0.2) is 44.6 Å². The third-order valence-electron chi connectivity index (χ3n) is 3.61. The standard InChI is InChI=1S/C19H19NO6S/c1-23-14-4-2-13(3-5-14)20-18(21)11-26-19(22)12-27-15-6-7-16-17(10-15)25-9-8-24-16/h2-7,10H,8-9,11-12H2,1H3,(H,20,21). The maximum atomic E-state index is 11.8. The summed E-state index contributed by atoms with van der Waals surface area (Å²) in [5.41, 5.74) is 0.600. The van der Waals surface area contributed by atoms with Gasteiger partial charge in [0.15, 0.2) is 18.1 Å². The lowest BCUT2D eigenvalue weighted by molar-refractivity contribution is -0.144. The molecule has 2 aromatic carbocycles. The summed E-state index contributed by atoms with van der Waals surface area (Å²) >= 11 is 1.31. The van der Waals surface area contributed by atoms with Gasteiger partial charge in [0.05, 0.1) is 12.9 Å². The van der Waals surface area contributed by atoms with Gasteiger partial charge < -0.3 is 24.3 Å². The van der Waals surface area contributed by atoms with Crippen molar-refractivity contribution in [1.82, 2.24) is 0 Å². The molecule has 0 spiro atoms. The molecule has 1 amide bonds. The van der Waals surface area contributed by atoms with Gasteiger partial charge in [0.1, 0.15) is 19.0 Å². The lowest BCUT2D eigenvalue weighted by Crippen LogP contribution is -2.21. The molecule has 27 heavy (non-hydrogen) atoms. The molecule has 0 fully saturated rings. The average molecular weight is 389 g/mol. The Balaban J connectivity index is 1.40. The fraction of sp³-hybridized carbons (Fsp3) is 0.263. The van der Waals surface area contributed by atoms with Gasteiger partial charge in [-0.3, -0.25) is 9.59 Å². The van der Waals surface area contributed by atoms with Crippen molar-refractivity contribution >= 4 is 29.3 Å². The van der Waals surface area contributed by atoms with Gasteiger partial charge in [-0.15, -0.1) is 11.8 Å². The Hall–Kier alpha value is -2.87. The van der Waals surface area contributed by atoms with Crippen molar-refractivity contribution in [1.29, 1.82) is 0 Å². The third-order valence-corrected chi connectivity index (χ3v) is 4.58. The number of carbonyl (C=O) groups excluding carboxylic acids is 2. The van der Waals surface area contributed by atoms with Crippen molar-refractivity contribution in [2.45, 2.75) is 4.90 Å². The van der Waals surface area contributed by atoms with E-state index in [-0.39, 0.29) is 12.4 Å². The second kappa shape index (κ2) is 9.18. The summed E-state index contributed by atoms with van der Waals surface area (Å²) in [4.78, 5) is 24.6. The predicted molar refractivity (Wildman–Crippen MR) is 101 cm³/mol. The highest BCUT2D eigenvalue weighted by atomic mass is 32.2. The number of rotatable bonds is 7. The maximum Gasteiger partial charge on any atom is 0.316 e. The molecule has 0 aliphatic carbocycles. The summed E-state index contributed by atoms with van der Waals surface area (Å²) in [6, 6.07) is 12.3. The molecule has 1 aliphatic heterocycles. The van der Waals surface area contributed by atoms with Crippen LogP contribution in [0.15, 0.2) is 47.4 Å². The van der Waals surface area contributed by atoms with Crippen LogP contribution < -0.4 is 19.5 Å². The van der Waals surface area contributed by atoms with Crippen molar-refractivity contribution in [3.8, 4) is 17.2 Å². The van der Waals surface area contributed by atoms with Crippen LogP contribution in [0.3, 0.4) is 0 Å². The van der Waals surface area contributed by atoms with Gasteiger partial charge >= 0.3 is 5.97 Å². The molecule has 0 aromatic heterocycles. The highest BCUT2D eigenvalue weighted by molar-refractivity contribution is 8.00. The minimum Gasteiger partial charge on any atom is -0.497 e. The highest BCUT2D eigenvalue weighted by Gasteiger charge is 2.13. The number of benzene rings is 2. The maximum absolute atomic E-state index is 11.8. The SMILES string of the molecule is COc1ccc(NC(=O)COC(=O)CSc2ccc3c(c2)OCCO3)cc1. The summed E-state index contributed by atoms with van der Waals surface area (Å²) in [6.07, 6.45) is 0. The number of hydrogen-bond donors (Lipinski definition) is 1. The van der Waals surface area contributed by atoms with Crippen LogP contribution in [0.25, 0.3) is 0 Å². The molecular weight excluding hydrogens is 370 g/mol. The van der Waals surface area contributed by atoms with E-state index in [4.69, 9.17) is 18.9 Å². The molecule has 1 heterocycles. The number of esters is 1. The van der Waals surface area contributed by atoms with Crippen LogP contribution >= 0.6 is 11.8 Å². The third kappa shape index (κ3) is 5.55. The number of methoxy groups -OCH3 is 1. The van der Waals surface area contributed by atoms with Crippen LogP contribution in [0.4, 0.5) is 5.69 Å². The van der Waals surface area contributed by atoms with Crippen molar-refractivity contribution in [3.05, 3.63) is 42.5 Å². The Morgan fingerprint density at radius 2 is 1.81 bits per heavy atom. The van der Waals surface area contributed by atoms with E-state index < -0.39 is 11.9 Å². The zero-order valence-electron chi connectivity index (χ0n) is 14.7. The summed E-state index contributed by atoms with van der Waals surface area (Å²) in [7, 11) is 1.57. The van der Waals surface area contributed by atoms with Gasteiger partial charge in [-0.2, -0.15) is 0 Å². The first kappa shape index (κ1) is 18.9. The van der Waals surface area contributed by atoms with Gasteiger partial charge in [-0.25, -0.2) is 0 Å². The second-order valence-corrected chi connectivity index (χ2v) is 6.58. The van der Waals surface area contributed by atoms with Gasteiger partial charge in [0.2, 0.25) is 0 Å². The van der Waals surface area contributed by atoms with Crippen molar-refractivity contribution in [3.63, 3.8) is 0 Å². The zero-order chi connectivity index (χ0) is 19.1. The molecule has 0 saturated carbocycles. The molecule has 8 heteroatoms.